The number of nitrogens with one attached hydrogen (secondary N) is 1. The second-order valence-electron chi connectivity index (χ2n) is 5.11. The topological polar surface area (TPSA) is 64.1 Å². The molecule has 94 valence electrons. The Hall–Kier alpha value is -1.14. The van der Waals surface area contributed by atoms with Gasteiger partial charge in [-0.15, -0.1) is 0 Å². The molecular formula is C12H12BrN3O2. The van der Waals surface area contributed by atoms with Gasteiger partial charge in [-0.25, -0.2) is 0 Å². The first-order valence-electron chi connectivity index (χ1n) is 6.07. The van der Waals surface area contributed by atoms with Crippen molar-refractivity contribution in [2.75, 3.05) is 13.1 Å². The summed E-state index contributed by atoms with van der Waals surface area (Å²) in [5, 5.41) is 7.40. The SMILES string of the molecule is Brc1ccc(-c2noc(C3CC34CCNC4)n2)o1. The van der Waals surface area contributed by atoms with Crippen LogP contribution in [-0.2, 0) is 0 Å². The van der Waals surface area contributed by atoms with Crippen LogP contribution in [0.2, 0.25) is 0 Å². The van der Waals surface area contributed by atoms with Crippen LogP contribution in [0.4, 0.5) is 0 Å². The lowest BCUT2D eigenvalue weighted by molar-refractivity contribution is 0.363. The second-order valence-corrected chi connectivity index (χ2v) is 5.89. The minimum atomic E-state index is 0.382. The molecule has 0 bridgehead atoms. The van der Waals surface area contributed by atoms with Gasteiger partial charge in [0.15, 0.2) is 10.4 Å². The van der Waals surface area contributed by atoms with Crippen LogP contribution in [0.25, 0.3) is 11.6 Å². The Morgan fingerprint density at radius 3 is 3.11 bits per heavy atom. The molecule has 2 unspecified atom stereocenters. The summed E-state index contributed by atoms with van der Waals surface area (Å²) >= 11 is 3.27. The van der Waals surface area contributed by atoms with Crippen LogP contribution in [-0.4, -0.2) is 23.2 Å². The quantitative estimate of drug-likeness (QED) is 0.923. The summed E-state index contributed by atoms with van der Waals surface area (Å²) < 4.78 is 11.5. The zero-order valence-corrected chi connectivity index (χ0v) is 11.2. The van der Waals surface area contributed by atoms with Crippen molar-refractivity contribution < 1.29 is 8.94 Å². The highest BCUT2D eigenvalue weighted by atomic mass is 79.9. The van der Waals surface area contributed by atoms with Gasteiger partial charge < -0.3 is 14.3 Å². The minimum absolute atomic E-state index is 0.382. The molecule has 1 aliphatic carbocycles. The lowest BCUT2D eigenvalue weighted by Gasteiger charge is -2.02. The van der Waals surface area contributed by atoms with Crippen LogP contribution >= 0.6 is 15.9 Å². The van der Waals surface area contributed by atoms with Gasteiger partial charge >= 0.3 is 0 Å². The van der Waals surface area contributed by atoms with Crippen molar-refractivity contribution in [3.8, 4) is 11.6 Å². The summed E-state index contributed by atoms with van der Waals surface area (Å²) in [6.07, 6.45) is 2.37. The van der Waals surface area contributed by atoms with E-state index >= 15 is 0 Å². The number of hydrogen-bond acceptors (Lipinski definition) is 5. The number of furan rings is 1. The van der Waals surface area contributed by atoms with Gasteiger partial charge in [0, 0.05) is 12.5 Å². The zero-order chi connectivity index (χ0) is 12.2. The summed E-state index contributed by atoms with van der Waals surface area (Å²) in [7, 11) is 0. The Balaban J connectivity index is 1.60. The molecule has 0 radical (unpaired) electrons. The first-order chi connectivity index (χ1) is 8.77. The van der Waals surface area contributed by atoms with Crippen molar-refractivity contribution in [2.45, 2.75) is 18.8 Å². The van der Waals surface area contributed by atoms with Gasteiger partial charge in [0.1, 0.15) is 0 Å². The number of halogens is 1. The van der Waals surface area contributed by atoms with Crippen LogP contribution < -0.4 is 5.32 Å². The van der Waals surface area contributed by atoms with E-state index in [1.54, 1.807) is 0 Å². The maximum absolute atomic E-state index is 5.42. The number of nitrogens with zero attached hydrogens (tertiary/aromatic N) is 2. The van der Waals surface area contributed by atoms with Crippen molar-refractivity contribution in [3.05, 3.63) is 22.7 Å². The normalized spacial score (nSPS) is 30.2. The van der Waals surface area contributed by atoms with E-state index in [9.17, 15) is 0 Å². The Morgan fingerprint density at radius 1 is 1.44 bits per heavy atom. The smallest absolute Gasteiger partial charge is 0.238 e. The van der Waals surface area contributed by atoms with E-state index in [0.29, 0.717) is 27.6 Å². The highest BCUT2D eigenvalue weighted by Crippen LogP contribution is 2.62. The molecule has 1 saturated carbocycles. The second kappa shape index (κ2) is 3.68. The molecule has 6 heteroatoms. The molecule has 0 aromatic carbocycles. The average molecular weight is 310 g/mol. The molecular weight excluding hydrogens is 298 g/mol. The van der Waals surface area contributed by atoms with E-state index in [1.165, 1.54) is 6.42 Å². The predicted molar refractivity (Wildman–Crippen MR) is 67.0 cm³/mol. The monoisotopic (exact) mass is 309 g/mol. The molecule has 1 aliphatic heterocycles. The molecule has 2 atom stereocenters. The first-order valence-corrected chi connectivity index (χ1v) is 6.86. The van der Waals surface area contributed by atoms with E-state index in [0.717, 1.165) is 25.4 Å². The van der Waals surface area contributed by atoms with E-state index in [1.807, 2.05) is 12.1 Å². The Bertz CT molecular complexity index is 586. The largest absolute Gasteiger partial charge is 0.446 e. The summed E-state index contributed by atoms with van der Waals surface area (Å²) in [4.78, 5) is 4.45. The molecule has 2 aromatic rings. The van der Waals surface area contributed by atoms with Gasteiger partial charge in [0.2, 0.25) is 11.7 Å². The number of aromatic nitrogens is 2. The third-order valence-electron chi connectivity index (χ3n) is 4.00. The van der Waals surface area contributed by atoms with Gasteiger partial charge in [0.25, 0.3) is 0 Å². The van der Waals surface area contributed by atoms with Crippen molar-refractivity contribution in [1.82, 2.24) is 15.5 Å². The standard InChI is InChI=1S/C12H12BrN3O2/c13-9-2-1-8(17-9)10-15-11(18-16-10)7-5-12(7)3-4-14-6-12/h1-2,7,14H,3-6H2. The molecule has 1 N–H and O–H groups in total. The lowest BCUT2D eigenvalue weighted by Crippen LogP contribution is -2.10. The summed E-state index contributed by atoms with van der Waals surface area (Å²) in [5.41, 5.74) is 0.382. The van der Waals surface area contributed by atoms with Crippen LogP contribution in [0.5, 0.6) is 0 Å². The van der Waals surface area contributed by atoms with Crippen molar-refractivity contribution in [1.29, 1.82) is 0 Å². The highest BCUT2D eigenvalue weighted by Gasteiger charge is 2.58. The predicted octanol–water partition coefficient (Wildman–Crippen LogP) is 2.56. The lowest BCUT2D eigenvalue weighted by atomic mass is 10.0. The molecule has 0 amide bonds. The molecule has 18 heavy (non-hydrogen) atoms. The van der Waals surface area contributed by atoms with Crippen LogP contribution in [0.15, 0.2) is 25.7 Å². The van der Waals surface area contributed by atoms with Crippen LogP contribution in [0.3, 0.4) is 0 Å². The maximum atomic E-state index is 5.42. The van der Waals surface area contributed by atoms with Crippen LogP contribution in [0.1, 0.15) is 24.7 Å². The maximum Gasteiger partial charge on any atom is 0.238 e. The minimum Gasteiger partial charge on any atom is -0.446 e. The van der Waals surface area contributed by atoms with Crippen molar-refractivity contribution in [3.63, 3.8) is 0 Å². The Labute approximate surface area is 112 Å². The Morgan fingerprint density at radius 2 is 2.39 bits per heavy atom. The van der Waals surface area contributed by atoms with Gasteiger partial charge in [-0.3, -0.25) is 0 Å². The molecule has 4 rings (SSSR count). The van der Waals surface area contributed by atoms with Gasteiger partial charge in [-0.2, -0.15) is 4.98 Å². The Kier molecular flexibility index (Phi) is 2.20. The van der Waals surface area contributed by atoms with Crippen molar-refractivity contribution >= 4 is 15.9 Å². The van der Waals surface area contributed by atoms with Gasteiger partial charge in [0.05, 0.1) is 0 Å². The van der Waals surface area contributed by atoms with Crippen molar-refractivity contribution in [2.24, 2.45) is 5.41 Å². The fourth-order valence-electron chi connectivity index (χ4n) is 2.84. The van der Waals surface area contributed by atoms with Gasteiger partial charge in [-0.1, -0.05) is 5.16 Å². The average Bonchev–Trinajstić information content (AvgIpc) is 2.84. The van der Waals surface area contributed by atoms with Gasteiger partial charge in [-0.05, 0) is 52.9 Å². The third-order valence-corrected chi connectivity index (χ3v) is 4.43. The summed E-state index contributed by atoms with van der Waals surface area (Å²) in [6, 6.07) is 3.66. The van der Waals surface area contributed by atoms with Crippen LogP contribution in [0, 0.1) is 5.41 Å². The van der Waals surface area contributed by atoms with E-state index in [-0.39, 0.29) is 0 Å². The number of hydrogen-bond donors (Lipinski definition) is 1. The van der Waals surface area contributed by atoms with E-state index < -0.39 is 0 Å². The molecule has 2 aromatic heterocycles. The molecule has 5 nitrogen and oxygen atoms in total. The fraction of sp³-hybridized carbons (Fsp3) is 0.500. The molecule has 2 fully saturated rings. The zero-order valence-electron chi connectivity index (χ0n) is 9.65. The molecule has 1 saturated heterocycles. The molecule has 1 spiro atoms. The molecule has 2 aliphatic rings. The summed E-state index contributed by atoms with van der Waals surface area (Å²) in [5.74, 6) is 2.34. The molecule has 3 heterocycles. The summed E-state index contributed by atoms with van der Waals surface area (Å²) in [6.45, 7) is 2.17. The first kappa shape index (κ1) is 10.8. The number of rotatable bonds is 2. The van der Waals surface area contributed by atoms with E-state index in [2.05, 4.69) is 31.4 Å². The third kappa shape index (κ3) is 1.55. The van der Waals surface area contributed by atoms with E-state index in [4.69, 9.17) is 8.94 Å². The highest BCUT2D eigenvalue weighted by molar-refractivity contribution is 9.10. The fourth-order valence-corrected chi connectivity index (χ4v) is 3.15.